The highest BCUT2D eigenvalue weighted by Crippen LogP contribution is 2.46. The Balaban J connectivity index is 1.90. The fourth-order valence-electron chi connectivity index (χ4n) is 3.84. The number of ether oxygens (including phenoxy) is 3. The molecule has 1 aromatic heterocycles. The van der Waals surface area contributed by atoms with E-state index in [-0.39, 0.29) is 5.88 Å². The maximum atomic E-state index is 9.89. The van der Waals surface area contributed by atoms with Gasteiger partial charge in [0.25, 0.3) is 0 Å². The van der Waals surface area contributed by atoms with Crippen molar-refractivity contribution in [2.45, 2.75) is 26.7 Å². The molecule has 1 atom stereocenters. The zero-order chi connectivity index (χ0) is 22.0. The highest BCUT2D eigenvalue weighted by Gasteiger charge is 2.36. The summed E-state index contributed by atoms with van der Waals surface area (Å²) in [6.45, 7) is 6.77. The molecule has 7 heteroatoms. The van der Waals surface area contributed by atoms with E-state index in [2.05, 4.69) is 6.07 Å². The van der Waals surface area contributed by atoms with Crippen molar-refractivity contribution >= 4 is 0 Å². The van der Waals surface area contributed by atoms with Crippen molar-refractivity contribution in [3.63, 3.8) is 0 Å². The molecule has 0 saturated carbocycles. The molecule has 2 N–H and O–H groups in total. The molecule has 0 radical (unpaired) electrons. The van der Waals surface area contributed by atoms with Crippen molar-refractivity contribution in [1.29, 1.82) is 5.26 Å². The van der Waals surface area contributed by atoms with Crippen LogP contribution in [-0.2, 0) is 0 Å². The molecule has 7 nitrogen and oxygen atoms in total. The van der Waals surface area contributed by atoms with Gasteiger partial charge in [-0.2, -0.15) is 10.4 Å². The van der Waals surface area contributed by atoms with Crippen molar-refractivity contribution in [3.8, 4) is 29.1 Å². The minimum absolute atomic E-state index is 0.0731. The van der Waals surface area contributed by atoms with Gasteiger partial charge in [0.05, 0.1) is 36.1 Å². The zero-order valence-corrected chi connectivity index (χ0v) is 17.8. The predicted molar refractivity (Wildman–Crippen MR) is 116 cm³/mol. The normalized spacial score (nSPS) is 15.1. The summed E-state index contributed by atoms with van der Waals surface area (Å²) in [6, 6.07) is 17.6. The van der Waals surface area contributed by atoms with E-state index in [1.165, 1.54) is 0 Å². The smallest absolute Gasteiger partial charge is 0.229 e. The summed E-state index contributed by atoms with van der Waals surface area (Å²) in [5.74, 6) is 1.44. The molecule has 2 aromatic carbocycles. The van der Waals surface area contributed by atoms with Crippen LogP contribution in [-0.4, -0.2) is 23.0 Å². The summed E-state index contributed by atoms with van der Waals surface area (Å²) in [7, 11) is 0. The fraction of sp³-hybridized carbons (Fsp3) is 0.250. The summed E-state index contributed by atoms with van der Waals surface area (Å²) in [5.41, 5.74) is 9.81. The zero-order valence-electron chi connectivity index (χ0n) is 17.8. The monoisotopic (exact) mass is 416 g/mol. The Kier molecular flexibility index (Phi) is 5.54. The van der Waals surface area contributed by atoms with Crippen molar-refractivity contribution in [2.24, 2.45) is 5.73 Å². The Morgan fingerprint density at radius 2 is 1.81 bits per heavy atom. The number of aromatic nitrogens is 2. The molecule has 3 aromatic rings. The maximum absolute atomic E-state index is 9.89. The van der Waals surface area contributed by atoms with Crippen LogP contribution in [0.5, 0.6) is 17.4 Å². The second-order valence-corrected chi connectivity index (χ2v) is 7.05. The minimum atomic E-state index is -0.430. The second-order valence-electron chi connectivity index (χ2n) is 7.05. The predicted octanol–water partition coefficient (Wildman–Crippen LogP) is 4.20. The molecule has 0 bridgehead atoms. The molecule has 0 aliphatic carbocycles. The number of nitriles is 1. The first-order chi connectivity index (χ1) is 15.1. The van der Waals surface area contributed by atoms with E-state index in [4.69, 9.17) is 25.0 Å². The first-order valence-electron chi connectivity index (χ1n) is 10.2. The Morgan fingerprint density at radius 1 is 1.10 bits per heavy atom. The molecule has 4 rings (SSSR count). The van der Waals surface area contributed by atoms with Gasteiger partial charge in [-0.15, -0.1) is 0 Å². The van der Waals surface area contributed by atoms with E-state index in [0.717, 1.165) is 22.5 Å². The Bertz CT molecular complexity index is 1180. The van der Waals surface area contributed by atoms with E-state index in [1.54, 1.807) is 4.68 Å². The van der Waals surface area contributed by atoms with Gasteiger partial charge in [0.2, 0.25) is 11.8 Å². The fourth-order valence-corrected chi connectivity index (χ4v) is 3.84. The molecule has 0 fully saturated rings. The molecule has 2 heterocycles. The molecule has 1 aliphatic heterocycles. The molecule has 0 saturated heterocycles. The third-order valence-corrected chi connectivity index (χ3v) is 5.13. The summed E-state index contributed by atoms with van der Waals surface area (Å²) < 4.78 is 19.1. The van der Waals surface area contributed by atoms with Crippen LogP contribution < -0.4 is 19.9 Å². The molecule has 0 spiro atoms. The summed E-state index contributed by atoms with van der Waals surface area (Å²) in [4.78, 5) is 0. The first kappa shape index (κ1) is 20.4. The van der Waals surface area contributed by atoms with Gasteiger partial charge < -0.3 is 19.9 Å². The summed E-state index contributed by atoms with van der Waals surface area (Å²) in [6.07, 6.45) is 0. The topological polar surface area (TPSA) is 95.3 Å². The van der Waals surface area contributed by atoms with Crippen LogP contribution in [0.2, 0.25) is 0 Å². The standard InChI is InChI=1S/C24H24N4O3/c1-4-29-19-12-11-16(13-20(19)30-5-2)22-18(14-25)23(26)31-24-21(22)15(3)27-28(24)17-9-7-6-8-10-17/h6-13,22H,4-5,26H2,1-3H3. The van der Waals surface area contributed by atoms with E-state index < -0.39 is 5.92 Å². The third kappa shape index (κ3) is 3.57. The van der Waals surface area contributed by atoms with Gasteiger partial charge in [-0.3, -0.25) is 0 Å². The van der Waals surface area contributed by atoms with Gasteiger partial charge >= 0.3 is 0 Å². The second kappa shape index (κ2) is 8.44. The van der Waals surface area contributed by atoms with Gasteiger partial charge in [-0.25, -0.2) is 4.68 Å². The SMILES string of the molecule is CCOc1ccc(C2C(C#N)=C(N)Oc3c2c(C)nn3-c2ccccc2)cc1OCC. The van der Waals surface area contributed by atoms with Crippen molar-refractivity contribution < 1.29 is 14.2 Å². The van der Waals surface area contributed by atoms with Crippen molar-refractivity contribution in [1.82, 2.24) is 9.78 Å². The van der Waals surface area contributed by atoms with Crippen LogP contribution in [0.15, 0.2) is 60.0 Å². The number of benzene rings is 2. The lowest BCUT2D eigenvalue weighted by Crippen LogP contribution is -2.22. The van der Waals surface area contributed by atoms with Gasteiger partial charge in [-0.1, -0.05) is 24.3 Å². The van der Waals surface area contributed by atoms with E-state index in [0.29, 0.717) is 36.2 Å². The van der Waals surface area contributed by atoms with Crippen LogP contribution in [0.3, 0.4) is 0 Å². The van der Waals surface area contributed by atoms with Crippen LogP contribution >= 0.6 is 0 Å². The first-order valence-corrected chi connectivity index (χ1v) is 10.2. The van der Waals surface area contributed by atoms with Crippen LogP contribution in [0.1, 0.15) is 36.6 Å². The molecule has 0 amide bonds. The number of nitrogens with zero attached hydrogens (tertiary/aromatic N) is 3. The highest BCUT2D eigenvalue weighted by atomic mass is 16.5. The summed E-state index contributed by atoms with van der Waals surface area (Å²) >= 11 is 0. The molecule has 31 heavy (non-hydrogen) atoms. The quantitative estimate of drug-likeness (QED) is 0.647. The lowest BCUT2D eigenvalue weighted by molar-refractivity contribution is 0.287. The van der Waals surface area contributed by atoms with Gasteiger partial charge in [0, 0.05) is 0 Å². The third-order valence-electron chi connectivity index (χ3n) is 5.13. The summed E-state index contributed by atoms with van der Waals surface area (Å²) in [5, 5.41) is 14.6. The number of fused-ring (bicyclic) bond motifs is 1. The van der Waals surface area contributed by atoms with E-state index >= 15 is 0 Å². The van der Waals surface area contributed by atoms with Gasteiger partial charge in [0.15, 0.2) is 11.5 Å². The number of rotatable bonds is 6. The van der Waals surface area contributed by atoms with Gasteiger partial charge in [-0.05, 0) is 50.6 Å². The van der Waals surface area contributed by atoms with Crippen LogP contribution in [0.4, 0.5) is 0 Å². The van der Waals surface area contributed by atoms with Gasteiger partial charge in [0.1, 0.15) is 11.6 Å². The molecule has 158 valence electrons. The number of aryl methyl sites for hydroxylation is 1. The molecule has 1 aliphatic rings. The Morgan fingerprint density at radius 3 is 2.48 bits per heavy atom. The van der Waals surface area contributed by atoms with Crippen LogP contribution in [0.25, 0.3) is 5.69 Å². The number of allylic oxidation sites excluding steroid dienone is 1. The Hall–Kier alpha value is -3.92. The van der Waals surface area contributed by atoms with Crippen molar-refractivity contribution in [2.75, 3.05) is 13.2 Å². The molecular formula is C24H24N4O3. The average molecular weight is 416 g/mol. The van der Waals surface area contributed by atoms with E-state index in [9.17, 15) is 5.26 Å². The minimum Gasteiger partial charge on any atom is -0.490 e. The maximum Gasteiger partial charge on any atom is 0.229 e. The van der Waals surface area contributed by atoms with Crippen LogP contribution in [0, 0.1) is 18.3 Å². The largest absolute Gasteiger partial charge is 0.490 e. The number of nitrogens with two attached hydrogens (primary N) is 1. The molecular weight excluding hydrogens is 392 g/mol. The Labute approximate surface area is 181 Å². The molecule has 1 unspecified atom stereocenters. The lowest BCUT2D eigenvalue weighted by Gasteiger charge is -2.25. The number of para-hydroxylation sites is 1. The average Bonchev–Trinajstić information content (AvgIpc) is 3.10. The van der Waals surface area contributed by atoms with E-state index in [1.807, 2.05) is 69.3 Å². The lowest BCUT2D eigenvalue weighted by atomic mass is 9.84. The number of hydrogen-bond donors (Lipinski definition) is 1. The number of hydrogen-bond acceptors (Lipinski definition) is 6. The highest BCUT2D eigenvalue weighted by molar-refractivity contribution is 5.59. The van der Waals surface area contributed by atoms with Crippen molar-refractivity contribution in [3.05, 3.63) is 76.8 Å².